The molecule has 4 heteroatoms. The summed E-state index contributed by atoms with van der Waals surface area (Å²) in [6.07, 6.45) is 0. The van der Waals surface area contributed by atoms with Crippen molar-refractivity contribution >= 4 is 5.69 Å². The molecule has 0 aromatic heterocycles. The van der Waals surface area contributed by atoms with Crippen molar-refractivity contribution in [3.63, 3.8) is 0 Å². The van der Waals surface area contributed by atoms with Crippen LogP contribution in [0.4, 0.5) is 5.69 Å². The predicted octanol–water partition coefficient (Wildman–Crippen LogP) is 1.65. The largest absolute Gasteiger partial charge is 0.383 e. The number of ether oxygens (including phenoxy) is 2. The molecule has 0 aliphatic carbocycles. The highest BCUT2D eigenvalue weighted by Gasteiger charge is 2.14. The van der Waals surface area contributed by atoms with E-state index in [1.807, 2.05) is 0 Å². The quantitative estimate of drug-likeness (QED) is 0.847. The number of methoxy groups -OCH3 is 1. The van der Waals surface area contributed by atoms with Crippen molar-refractivity contribution < 1.29 is 9.47 Å². The van der Waals surface area contributed by atoms with Gasteiger partial charge in [-0.2, -0.15) is 0 Å². The molecule has 0 amide bonds. The maximum absolute atomic E-state index is 5.42. The topological polar surface area (TPSA) is 33.7 Å². The van der Waals surface area contributed by atoms with Crippen LogP contribution in [0.15, 0.2) is 24.3 Å². The molecule has 0 saturated carbocycles. The molecule has 1 fully saturated rings. The zero-order valence-electron chi connectivity index (χ0n) is 11.9. The second-order valence-electron chi connectivity index (χ2n) is 4.97. The number of nitrogens with zero attached hydrogens (tertiary/aromatic N) is 1. The van der Waals surface area contributed by atoms with Crippen LogP contribution in [0, 0.1) is 0 Å². The molecule has 19 heavy (non-hydrogen) atoms. The van der Waals surface area contributed by atoms with Crippen molar-refractivity contribution in [3.8, 4) is 0 Å². The Balaban J connectivity index is 1.99. The van der Waals surface area contributed by atoms with Crippen molar-refractivity contribution in [2.45, 2.75) is 19.5 Å². The molecule has 1 atom stereocenters. The highest BCUT2D eigenvalue weighted by Crippen LogP contribution is 2.21. The minimum Gasteiger partial charge on any atom is -0.383 e. The van der Waals surface area contributed by atoms with Gasteiger partial charge in [-0.15, -0.1) is 0 Å². The average molecular weight is 264 g/mol. The van der Waals surface area contributed by atoms with Gasteiger partial charge < -0.3 is 19.7 Å². The Bertz CT molecular complexity index is 378. The third-order valence-corrected chi connectivity index (χ3v) is 3.40. The number of nitrogens with one attached hydrogen (secondary N) is 1. The standard InChI is InChI=1S/C15H24N2O2/c1-13(12-18-2)16-11-14-5-3-4-6-15(14)17-7-9-19-10-8-17/h3-6,13,16H,7-12H2,1-2H3. The molecule has 106 valence electrons. The summed E-state index contributed by atoms with van der Waals surface area (Å²) < 4.78 is 10.6. The molecule has 1 N–H and O–H groups in total. The normalized spacial score (nSPS) is 17.5. The number of hydrogen-bond donors (Lipinski definition) is 1. The van der Waals surface area contributed by atoms with Crippen molar-refractivity contribution in [1.29, 1.82) is 0 Å². The summed E-state index contributed by atoms with van der Waals surface area (Å²) in [4.78, 5) is 2.40. The van der Waals surface area contributed by atoms with Gasteiger partial charge in [-0.05, 0) is 18.6 Å². The fraction of sp³-hybridized carbons (Fsp3) is 0.600. The average Bonchev–Trinajstić information content (AvgIpc) is 2.47. The van der Waals surface area contributed by atoms with Gasteiger partial charge in [-0.25, -0.2) is 0 Å². The van der Waals surface area contributed by atoms with Gasteiger partial charge in [0.15, 0.2) is 0 Å². The van der Waals surface area contributed by atoms with Crippen LogP contribution >= 0.6 is 0 Å². The summed E-state index contributed by atoms with van der Waals surface area (Å²) in [6, 6.07) is 8.96. The van der Waals surface area contributed by atoms with Gasteiger partial charge in [0.2, 0.25) is 0 Å². The zero-order chi connectivity index (χ0) is 13.5. The summed E-state index contributed by atoms with van der Waals surface area (Å²) in [6.45, 7) is 7.34. The van der Waals surface area contributed by atoms with Crippen LogP contribution in [-0.4, -0.2) is 46.1 Å². The van der Waals surface area contributed by atoms with E-state index in [4.69, 9.17) is 9.47 Å². The van der Waals surface area contributed by atoms with Gasteiger partial charge in [0.1, 0.15) is 0 Å². The highest BCUT2D eigenvalue weighted by molar-refractivity contribution is 5.53. The van der Waals surface area contributed by atoms with Crippen molar-refractivity contribution in [3.05, 3.63) is 29.8 Å². The Morgan fingerprint density at radius 1 is 1.32 bits per heavy atom. The van der Waals surface area contributed by atoms with Crippen molar-refractivity contribution in [2.24, 2.45) is 0 Å². The Kier molecular flexibility index (Phi) is 5.63. The van der Waals surface area contributed by atoms with E-state index < -0.39 is 0 Å². The third kappa shape index (κ3) is 4.20. The molecule has 2 rings (SSSR count). The first-order chi connectivity index (χ1) is 9.31. The summed E-state index contributed by atoms with van der Waals surface area (Å²) in [5.74, 6) is 0. The van der Waals surface area contributed by atoms with Gasteiger partial charge in [0, 0.05) is 38.5 Å². The number of rotatable bonds is 6. The number of hydrogen-bond acceptors (Lipinski definition) is 4. The van der Waals surface area contributed by atoms with Gasteiger partial charge in [-0.1, -0.05) is 18.2 Å². The molecule has 1 aliphatic heterocycles. The number of para-hydroxylation sites is 1. The van der Waals surface area contributed by atoms with E-state index in [2.05, 4.69) is 41.4 Å². The summed E-state index contributed by atoms with van der Waals surface area (Å²) >= 11 is 0. The SMILES string of the molecule is COCC(C)NCc1ccccc1N1CCOCC1. The lowest BCUT2D eigenvalue weighted by atomic mass is 10.1. The molecule has 1 aromatic carbocycles. The van der Waals surface area contributed by atoms with E-state index in [0.29, 0.717) is 6.04 Å². The van der Waals surface area contributed by atoms with E-state index in [1.165, 1.54) is 11.3 Å². The molecule has 1 saturated heterocycles. The number of benzene rings is 1. The molecule has 1 unspecified atom stereocenters. The van der Waals surface area contributed by atoms with Gasteiger partial charge in [-0.3, -0.25) is 0 Å². The zero-order valence-corrected chi connectivity index (χ0v) is 11.9. The van der Waals surface area contributed by atoms with Crippen LogP contribution in [0.3, 0.4) is 0 Å². The highest BCUT2D eigenvalue weighted by atomic mass is 16.5. The first-order valence-corrected chi connectivity index (χ1v) is 6.94. The molecular weight excluding hydrogens is 240 g/mol. The predicted molar refractivity (Wildman–Crippen MR) is 77.7 cm³/mol. The first-order valence-electron chi connectivity index (χ1n) is 6.94. The van der Waals surface area contributed by atoms with Crippen LogP contribution in [0.2, 0.25) is 0 Å². The van der Waals surface area contributed by atoms with E-state index in [0.717, 1.165) is 39.5 Å². The summed E-state index contributed by atoms with van der Waals surface area (Å²) in [5.41, 5.74) is 2.66. The fourth-order valence-corrected chi connectivity index (χ4v) is 2.37. The first kappa shape index (κ1) is 14.3. The Hall–Kier alpha value is -1.10. The van der Waals surface area contributed by atoms with Gasteiger partial charge in [0.25, 0.3) is 0 Å². The van der Waals surface area contributed by atoms with E-state index >= 15 is 0 Å². The van der Waals surface area contributed by atoms with Crippen LogP contribution in [-0.2, 0) is 16.0 Å². The minimum atomic E-state index is 0.364. The van der Waals surface area contributed by atoms with E-state index in [-0.39, 0.29) is 0 Å². The second kappa shape index (κ2) is 7.48. The lowest BCUT2D eigenvalue weighted by Gasteiger charge is -2.31. The Labute approximate surface area is 115 Å². The molecule has 1 aromatic rings. The van der Waals surface area contributed by atoms with Crippen molar-refractivity contribution in [1.82, 2.24) is 5.32 Å². The smallest absolute Gasteiger partial charge is 0.0642 e. The van der Waals surface area contributed by atoms with Gasteiger partial charge in [0.05, 0.1) is 19.8 Å². The maximum atomic E-state index is 5.42. The summed E-state index contributed by atoms with van der Waals surface area (Å²) in [7, 11) is 1.74. The molecular formula is C15H24N2O2. The van der Waals surface area contributed by atoms with Crippen LogP contribution in [0.5, 0.6) is 0 Å². The maximum Gasteiger partial charge on any atom is 0.0642 e. The molecule has 1 aliphatic rings. The second-order valence-corrected chi connectivity index (χ2v) is 4.97. The van der Waals surface area contributed by atoms with Crippen LogP contribution in [0.25, 0.3) is 0 Å². The van der Waals surface area contributed by atoms with Crippen molar-refractivity contribution in [2.75, 3.05) is 44.9 Å². The molecule has 0 bridgehead atoms. The number of morpholine rings is 1. The third-order valence-electron chi connectivity index (χ3n) is 3.40. The fourth-order valence-electron chi connectivity index (χ4n) is 2.37. The molecule has 0 radical (unpaired) electrons. The van der Waals surface area contributed by atoms with E-state index in [1.54, 1.807) is 7.11 Å². The molecule has 0 spiro atoms. The summed E-state index contributed by atoms with van der Waals surface area (Å²) in [5, 5.41) is 3.50. The van der Waals surface area contributed by atoms with Crippen LogP contribution in [0.1, 0.15) is 12.5 Å². The molecule has 4 nitrogen and oxygen atoms in total. The lowest BCUT2D eigenvalue weighted by molar-refractivity contribution is 0.122. The van der Waals surface area contributed by atoms with Gasteiger partial charge >= 0.3 is 0 Å². The Morgan fingerprint density at radius 2 is 2.05 bits per heavy atom. The molecule has 1 heterocycles. The lowest BCUT2D eigenvalue weighted by Crippen LogP contribution is -2.37. The van der Waals surface area contributed by atoms with Crippen LogP contribution < -0.4 is 10.2 Å². The number of anilines is 1. The minimum absolute atomic E-state index is 0.364. The monoisotopic (exact) mass is 264 g/mol. The Morgan fingerprint density at radius 3 is 2.79 bits per heavy atom. The van der Waals surface area contributed by atoms with E-state index in [9.17, 15) is 0 Å².